The lowest BCUT2D eigenvalue weighted by Crippen LogP contribution is -2.12. The summed E-state index contributed by atoms with van der Waals surface area (Å²) >= 11 is 0. The van der Waals surface area contributed by atoms with Gasteiger partial charge in [-0.2, -0.15) is 0 Å². The molecule has 130 valence electrons. The predicted octanol–water partition coefficient (Wildman–Crippen LogP) is 5.21. The van der Waals surface area contributed by atoms with E-state index in [-0.39, 0.29) is 4.90 Å². The van der Waals surface area contributed by atoms with E-state index in [4.69, 9.17) is 4.42 Å². The van der Waals surface area contributed by atoms with Crippen molar-refractivity contribution in [2.24, 2.45) is 0 Å². The number of sulfonamides is 1. The summed E-state index contributed by atoms with van der Waals surface area (Å²) in [5.74, 6) is 0.697. The second-order valence-corrected chi connectivity index (χ2v) is 7.80. The van der Waals surface area contributed by atoms with Crippen LogP contribution in [0.25, 0.3) is 22.3 Å². The highest BCUT2D eigenvalue weighted by Gasteiger charge is 2.17. The SMILES string of the molecule is Cc1ccc(S(=O)(=O)Nc2cccc3cc(-c4ccccc4)oc23)cc1. The number of fused-ring (bicyclic) bond motifs is 1. The van der Waals surface area contributed by atoms with Gasteiger partial charge in [0.1, 0.15) is 5.76 Å². The fourth-order valence-corrected chi connectivity index (χ4v) is 3.87. The third-order valence-electron chi connectivity index (χ3n) is 4.18. The Bertz CT molecular complexity index is 1160. The van der Waals surface area contributed by atoms with E-state index in [9.17, 15) is 8.42 Å². The molecule has 1 N–H and O–H groups in total. The topological polar surface area (TPSA) is 59.3 Å². The van der Waals surface area contributed by atoms with Crippen molar-refractivity contribution in [2.45, 2.75) is 11.8 Å². The highest BCUT2D eigenvalue weighted by Crippen LogP contribution is 2.33. The summed E-state index contributed by atoms with van der Waals surface area (Å²) in [5, 5.41) is 0.841. The standard InChI is InChI=1S/C21H17NO3S/c1-15-10-12-18(13-11-15)26(23,24)22-19-9-5-8-17-14-20(25-21(17)19)16-6-3-2-4-7-16/h2-14,22H,1H3. The minimum Gasteiger partial charge on any atom is -0.454 e. The summed E-state index contributed by atoms with van der Waals surface area (Å²) in [4.78, 5) is 0.218. The molecule has 0 bridgehead atoms. The van der Waals surface area contributed by atoms with Gasteiger partial charge in [0.2, 0.25) is 0 Å². The molecule has 4 aromatic rings. The molecule has 0 aliphatic rings. The van der Waals surface area contributed by atoms with Gasteiger partial charge in [0, 0.05) is 10.9 Å². The lowest BCUT2D eigenvalue weighted by Gasteiger charge is -2.08. The number of nitrogens with one attached hydrogen (secondary N) is 1. The first kappa shape index (κ1) is 16.4. The van der Waals surface area contributed by atoms with Crippen molar-refractivity contribution < 1.29 is 12.8 Å². The molecule has 3 aromatic carbocycles. The van der Waals surface area contributed by atoms with Crippen molar-refractivity contribution in [3.05, 3.63) is 84.4 Å². The molecule has 0 radical (unpaired) electrons. The van der Waals surface area contributed by atoms with Gasteiger partial charge in [-0.1, -0.05) is 60.2 Å². The molecule has 1 aromatic heterocycles. The van der Waals surface area contributed by atoms with Crippen LogP contribution in [-0.2, 0) is 10.0 Å². The summed E-state index contributed by atoms with van der Waals surface area (Å²) in [6.45, 7) is 1.92. The van der Waals surface area contributed by atoms with E-state index in [2.05, 4.69) is 4.72 Å². The van der Waals surface area contributed by atoms with Crippen LogP contribution < -0.4 is 4.72 Å². The molecular weight excluding hydrogens is 346 g/mol. The van der Waals surface area contributed by atoms with Gasteiger partial charge in [-0.25, -0.2) is 8.42 Å². The number of anilines is 1. The normalized spacial score (nSPS) is 11.6. The second-order valence-electron chi connectivity index (χ2n) is 6.12. The average molecular weight is 363 g/mol. The molecule has 0 saturated carbocycles. The molecule has 26 heavy (non-hydrogen) atoms. The van der Waals surface area contributed by atoms with E-state index >= 15 is 0 Å². The van der Waals surface area contributed by atoms with Crippen molar-refractivity contribution in [1.82, 2.24) is 0 Å². The van der Waals surface area contributed by atoms with Crippen LogP contribution in [-0.4, -0.2) is 8.42 Å². The molecule has 0 atom stereocenters. The van der Waals surface area contributed by atoms with E-state index in [0.29, 0.717) is 17.0 Å². The Morgan fingerprint density at radius 3 is 2.31 bits per heavy atom. The first-order valence-corrected chi connectivity index (χ1v) is 9.69. The lowest BCUT2D eigenvalue weighted by molar-refractivity contribution is 0.600. The lowest BCUT2D eigenvalue weighted by atomic mass is 10.1. The highest BCUT2D eigenvalue weighted by atomic mass is 32.2. The van der Waals surface area contributed by atoms with Gasteiger partial charge in [-0.15, -0.1) is 0 Å². The summed E-state index contributed by atoms with van der Waals surface area (Å²) < 4.78 is 34.0. The molecule has 0 aliphatic heterocycles. The van der Waals surface area contributed by atoms with Crippen molar-refractivity contribution in [1.29, 1.82) is 0 Å². The summed E-state index contributed by atoms with van der Waals surface area (Å²) in [6, 6.07) is 23.8. The molecule has 1 heterocycles. The highest BCUT2D eigenvalue weighted by molar-refractivity contribution is 7.92. The number of rotatable bonds is 4. The van der Waals surface area contributed by atoms with Gasteiger partial charge in [0.25, 0.3) is 10.0 Å². The molecule has 5 heteroatoms. The Labute approximate surface area is 152 Å². The number of furan rings is 1. The van der Waals surface area contributed by atoms with Crippen LogP contribution in [0, 0.1) is 6.92 Å². The number of para-hydroxylation sites is 1. The van der Waals surface area contributed by atoms with Crippen LogP contribution in [0.5, 0.6) is 0 Å². The molecule has 0 amide bonds. The number of hydrogen-bond acceptors (Lipinski definition) is 3. The van der Waals surface area contributed by atoms with Crippen molar-refractivity contribution >= 4 is 26.7 Å². The van der Waals surface area contributed by atoms with Gasteiger partial charge < -0.3 is 4.42 Å². The minimum absolute atomic E-state index is 0.218. The monoisotopic (exact) mass is 363 g/mol. The van der Waals surface area contributed by atoms with Gasteiger partial charge in [-0.3, -0.25) is 4.72 Å². The Kier molecular flexibility index (Phi) is 4.01. The second kappa shape index (κ2) is 6.35. The van der Waals surface area contributed by atoms with Crippen LogP contribution in [0.3, 0.4) is 0 Å². The van der Waals surface area contributed by atoms with Crippen LogP contribution in [0.15, 0.2) is 88.2 Å². The van der Waals surface area contributed by atoms with E-state index in [1.807, 2.05) is 49.4 Å². The number of benzene rings is 3. The first-order chi connectivity index (χ1) is 12.5. The maximum Gasteiger partial charge on any atom is 0.262 e. The Hall–Kier alpha value is -3.05. The molecule has 4 rings (SSSR count). The molecule has 4 nitrogen and oxygen atoms in total. The third-order valence-corrected chi connectivity index (χ3v) is 5.56. The van der Waals surface area contributed by atoms with E-state index in [1.165, 1.54) is 0 Å². The van der Waals surface area contributed by atoms with Crippen molar-refractivity contribution in [3.8, 4) is 11.3 Å². The van der Waals surface area contributed by atoms with E-state index < -0.39 is 10.0 Å². The average Bonchev–Trinajstić information content (AvgIpc) is 3.08. The molecule has 0 unspecified atom stereocenters. The maximum atomic E-state index is 12.7. The molecule has 0 fully saturated rings. The molecular formula is C21H17NO3S. The fourth-order valence-electron chi connectivity index (χ4n) is 2.81. The van der Waals surface area contributed by atoms with Crippen LogP contribution in [0.4, 0.5) is 5.69 Å². The zero-order chi connectivity index (χ0) is 18.1. The minimum atomic E-state index is -3.69. The fraction of sp³-hybridized carbons (Fsp3) is 0.0476. The Morgan fingerprint density at radius 2 is 1.58 bits per heavy atom. The van der Waals surface area contributed by atoms with Crippen molar-refractivity contribution in [3.63, 3.8) is 0 Å². The van der Waals surface area contributed by atoms with Crippen LogP contribution >= 0.6 is 0 Å². The van der Waals surface area contributed by atoms with E-state index in [0.717, 1.165) is 16.5 Å². The zero-order valence-corrected chi connectivity index (χ0v) is 15.0. The van der Waals surface area contributed by atoms with Gasteiger partial charge in [0.05, 0.1) is 10.6 Å². The van der Waals surface area contributed by atoms with Gasteiger partial charge in [-0.05, 0) is 31.2 Å². The molecule has 0 aliphatic carbocycles. The summed E-state index contributed by atoms with van der Waals surface area (Å²) in [6.07, 6.45) is 0. The Balaban J connectivity index is 1.75. The molecule has 0 spiro atoms. The van der Waals surface area contributed by atoms with Crippen molar-refractivity contribution in [2.75, 3.05) is 4.72 Å². The number of aryl methyl sites for hydroxylation is 1. The largest absolute Gasteiger partial charge is 0.454 e. The van der Waals surface area contributed by atoms with Crippen LogP contribution in [0.1, 0.15) is 5.56 Å². The Morgan fingerprint density at radius 1 is 0.846 bits per heavy atom. The third kappa shape index (κ3) is 3.09. The first-order valence-electron chi connectivity index (χ1n) is 8.20. The summed E-state index contributed by atoms with van der Waals surface area (Å²) in [7, 11) is -3.69. The quantitative estimate of drug-likeness (QED) is 0.541. The van der Waals surface area contributed by atoms with Crippen LogP contribution in [0.2, 0.25) is 0 Å². The number of hydrogen-bond donors (Lipinski definition) is 1. The summed E-state index contributed by atoms with van der Waals surface area (Å²) in [5.41, 5.74) is 2.88. The van der Waals surface area contributed by atoms with Gasteiger partial charge in [0.15, 0.2) is 5.58 Å². The molecule has 0 saturated heterocycles. The van der Waals surface area contributed by atoms with E-state index in [1.54, 1.807) is 36.4 Å². The zero-order valence-electron chi connectivity index (χ0n) is 14.1. The smallest absolute Gasteiger partial charge is 0.262 e. The predicted molar refractivity (Wildman–Crippen MR) is 104 cm³/mol. The maximum absolute atomic E-state index is 12.7. The van der Waals surface area contributed by atoms with Gasteiger partial charge >= 0.3 is 0 Å².